The van der Waals surface area contributed by atoms with E-state index in [-0.39, 0.29) is 5.48 Å². The lowest BCUT2D eigenvalue weighted by Gasteiger charge is -2.11. The molecule has 4 aromatic rings. The van der Waals surface area contributed by atoms with Gasteiger partial charge in [0.2, 0.25) is 0 Å². The number of hydrogen-bond donors (Lipinski definition) is 2. The second-order valence-electron chi connectivity index (χ2n) is 6.52. The first kappa shape index (κ1) is 21.0. The van der Waals surface area contributed by atoms with Crippen LogP contribution in [0.3, 0.4) is 0 Å². The molecule has 0 aliphatic carbocycles. The van der Waals surface area contributed by atoms with Crippen LogP contribution in [0, 0.1) is 0 Å². The molecule has 0 aliphatic heterocycles. The van der Waals surface area contributed by atoms with E-state index < -0.39 is 0 Å². The Kier molecular flexibility index (Phi) is 6.47. The summed E-state index contributed by atoms with van der Waals surface area (Å²) in [5, 5.41) is 0.593. The minimum atomic E-state index is 0. The van der Waals surface area contributed by atoms with Gasteiger partial charge in [-0.15, -0.1) is 0 Å². The third-order valence-corrected chi connectivity index (χ3v) is 4.61. The van der Waals surface area contributed by atoms with Gasteiger partial charge in [0.1, 0.15) is 23.0 Å². The van der Waals surface area contributed by atoms with Crippen LogP contribution in [0.1, 0.15) is 0 Å². The molecule has 5 nitrogen and oxygen atoms in total. The van der Waals surface area contributed by atoms with Crippen LogP contribution in [0.4, 0.5) is 11.4 Å². The van der Waals surface area contributed by atoms with Crippen molar-refractivity contribution in [3.8, 4) is 34.1 Å². The van der Waals surface area contributed by atoms with E-state index in [1.54, 1.807) is 18.2 Å². The number of nitrogens with two attached hydrogens (primary N) is 2. The van der Waals surface area contributed by atoms with Crippen molar-refractivity contribution >= 4 is 23.0 Å². The molecule has 0 aliphatic rings. The second kappa shape index (κ2) is 9.22. The summed E-state index contributed by atoms with van der Waals surface area (Å²) in [5.74, 6) is 2.72. The Morgan fingerprint density at radius 2 is 1.07 bits per heavy atom. The number of halogens is 1. The van der Waals surface area contributed by atoms with Gasteiger partial charge in [0, 0.05) is 35.1 Å². The fraction of sp³-hybridized carbons (Fsp3) is 0. The zero-order chi connectivity index (χ0) is 20.2. The van der Waals surface area contributed by atoms with Crippen molar-refractivity contribution < 1.29 is 14.9 Å². The van der Waals surface area contributed by atoms with Crippen molar-refractivity contribution in [2.24, 2.45) is 0 Å². The minimum Gasteiger partial charge on any atom is -0.457 e. The average Bonchev–Trinajstić information content (AvgIpc) is 2.69. The van der Waals surface area contributed by atoms with Gasteiger partial charge in [0.05, 0.1) is 5.02 Å². The molecule has 0 unspecified atom stereocenters. The zero-order valence-corrected chi connectivity index (χ0v) is 16.8. The highest BCUT2D eigenvalue weighted by atomic mass is 35.5. The molecule has 0 bridgehead atoms. The summed E-state index contributed by atoms with van der Waals surface area (Å²) >= 11 is 6.50. The van der Waals surface area contributed by atoms with Crippen molar-refractivity contribution in [3.05, 3.63) is 96.0 Å². The van der Waals surface area contributed by atoms with Gasteiger partial charge in [-0.25, -0.2) is 0 Å². The van der Waals surface area contributed by atoms with Crippen LogP contribution in [0.15, 0.2) is 91.0 Å². The van der Waals surface area contributed by atoms with Gasteiger partial charge in [-0.3, -0.25) is 0 Å². The standard InChI is InChI=1S/C24H19ClN2O2.H2O/c25-24-15-22(29-21-6-2-4-18(27)14-21)11-12-23(24)16-7-9-19(10-8-16)28-20-5-1-3-17(26)13-20;/h1-15H,26-27H2;1H2. The summed E-state index contributed by atoms with van der Waals surface area (Å²) in [6, 6.07) is 27.9. The lowest BCUT2D eigenvalue weighted by molar-refractivity contribution is 0.482. The van der Waals surface area contributed by atoms with Crippen molar-refractivity contribution in [2.45, 2.75) is 0 Å². The number of rotatable bonds is 5. The topological polar surface area (TPSA) is 102 Å². The lowest BCUT2D eigenvalue weighted by atomic mass is 10.1. The summed E-state index contributed by atoms with van der Waals surface area (Å²) in [4.78, 5) is 0. The molecule has 0 saturated heterocycles. The molecule has 6 N–H and O–H groups in total. The summed E-state index contributed by atoms with van der Waals surface area (Å²) in [6.07, 6.45) is 0. The van der Waals surface area contributed by atoms with E-state index in [0.717, 1.165) is 16.9 Å². The minimum absolute atomic E-state index is 0. The fourth-order valence-electron chi connectivity index (χ4n) is 2.92. The quantitative estimate of drug-likeness (QED) is 0.390. The number of benzene rings is 4. The maximum atomic E-state index is 6.50. The van der Waals surface area contributed by atoms with Crippen molar-refractivity contribution in [1.29, 1.82) is 0 Å². The smallest absolute Gasteiger partial charge is 0.129 e. The van der Waals surface area contributed by atoms with Crippen LogP contribution < -0.4 is 20.9 Å². The van der Waals surface area contributed by atoms with Gasteiger partial charge < -0.3 is 26.4 Å². The van der Waals surface area contributed by atoms with Crippen LogP contribution in [0.5, 0.6) is 23.0 Å². The van der Waals surface area contributed by atoms with Gasteiger partial charge in [-0.05, 0) is 54.1 Å². The molecule has 0 aromatic heterocycles. The summed E-state index contributed by atoms with van der Waals surface area (Å²) < 4.78 is 11.7. The predicted octanol–water partition coefficient (Wildman–Crippen LogP) is 5.93. The molecule has 30 heavy (non-hydrogen) atoms. The Morgan fingerprint density at radius 1 is 0.567 bits per heavy atom. The van der Waals surface area contributed by atoms with Gasteiger partial charge in [0.15, 0.2) is 0 Å². The largest absolute Gasteiger partial charge is 0.457 e. The maximum Gasteiger partial charge on any atom is 0.129 e. The van der Waals surface area contributed by atoms with Crippen LogP contribution in [0.2, 0.25) is 5.02 Å². The van der Waals surface area contributed by atoms with E-state index in [1.807, 2.05) is 72.8 Å². The Hall–Kier alpha value is -3.67. The molecule has 0 heterocycles. The highest BCUT2D eigenvalue weighted by molar-refractivity contribution is 6.33. The van der Waals surface area contributed by atoms with Crippen molar-refractivity contribution in [2.75, 3.05) is 11.5 Å². The third kappa shape index (κ3) is 5.03. The maximum absolute atomic E-state index is 6.50. The Bertz CT molecular complexity index is 1150. The molecule has 4 rings (SSSR count). The summed E-state index contributed by atoms with van der Waals surface area (Å²) in [5.41, 5.74) is 14.8. The molecule has 0 saturated carbocycles. The summed E-state index contributed by atoms with van der Waals surface area (Å²) in [7, 11) is 0. The van der Waals surface area contributed by atoms with Crippen LogP contribution in [-0.2, 0) is 0 Å². The zero-order valence-electron chi connectivity index (χ0n) is 16.0. The monoisotopic (exact) mass is 420 g/mol. The molecule has 0 spiro atoms. The van der Waals surface area contributed by atoms with E-state index in [4.69, 9.17) is 32.5 Å². The third-order valence-electron chi connectivity index (χ3n) is 4.29. The second-order valence-corrected chi connectivity index (χ2v) is 6.92. The Balaban J connectivity index is 0.00000256. The first-order chi connectivity index (χ1) is 14.1. The molecular formula is C24H21ClN2O3. The molecular weight excluding hydrogens is 400 g/mol. The van der Waals surface area contributed by atoms with Crippen molar-refractivity contribution in [1.82, 2.24) is 0 Å². The highest BCUT2D eigenvalue weighted by Crippen LogP contribution is 2.34. The number of hydrogen-bond acceptors (Lipinski definition) is 4. The van der Waals surface area contributed by atoms with E-state index in [0.29, 0.717) is 33.6 Å². The number of nitrogen functional groups attached to an aromatic ring is 2. The molecule has 0 fully saturated rings. The van der Waals surface area contributed by atoms with E-state index in [1.165, 1.54) is 0 Å². The van der Waals surface area contributed by atoms with Gasteiger partial charge in [-0.1, -0.05) is 35.9 Å². The molecule has 0 atom stereocenters. The van der Waals surface area contributed by atoms with E-state index >= 15 is 0 Å². The number of anilines is 2. The first-order valence-electron chi connectivity index (χ1n) is 9.03. The highest BCUT2D eigenvalue weighted by Gasteiger charge is 2.07. The van der Waals surface area contributed by atoms with Crippen LogP contribution >= 0.6 is 11.6 Å². The molecule has 0 amide bonds. The van der Waals surface area contributed by atoms with Gasteiger partial charge in [0.25, 0.3) is 0 Å². The van der Waals surface area contributed by atoms with Crippen LogP contribution in [0.25, 0.3) is 11.1 Å². The van der Waals surface area contributed by atoms with E-state index in [9.17, 15) is 0 Å². The lowest BCUT2D eigenvalue weighted by Crippen LogP contribution is -1.89. The van der Waals surface area contributed by atoms with Gasteiger partial charge >= 0.3 is 0 Å². The SMILES string of the molecule is Nc1cccc(Oc2ccc(-c3ccc(Oc4cccc(N)c4)cc3Cl)cc2)c1.O. The Morgan fingerprint density at radius 3 is 1.60 bits per heavy atom. The predicted molar refractivity (Wildman–Crippen MR) is 122 cm³/mol. The molecule has 0 radical (unpaired) electrons. The molecule has 152 valence electrons. The fourth-order valence-corrected chi connectivity index (χ4v) is 3.20. The molecule has 4 aromatic carbocycles. The van der Waals surface area contributed by atoms with Crippen LogP contribution in [-0.4, -0.2) is 5.48 Å². The molecule has 6 heteroatoms. The van der Waals surface area contributed by atoms with Crippen molar-refractivity contribution in [3.63, 3.8) is 0 Å². The first-order valence-corrected chi connectivity index (χ1v) is 9.41. The van der Waals surface area contributed by atoms with E-state index in [2.05, 4.69) is 0 Å². The van der Waals surface area contributed by atoms with Gasteiger partial charge in [-0.2, -0.15) is 0 Å². The normalized spacial score (nSPS) is 10.2. The average molecular weight is 421 g/mol. The number of ether oxygens (including phenoxy) is 2. The Labute approximate surface area is 179 Å². The summed E-state index contributed by atoms with van der Waals surface area (Å²) in [6.45, 7) is 0.